The van der Waals surface area contributed by atoms with Crippen LogP contribution in [0.1, 0.15) is 12.8 Å². The van der Waals surface area contributed by atoms with E-state index >= 15 is 0 Å². The van der Waals surface area contributed by atoms with E-state index in [9.17, 15) is 9.59 Å². The van der Waals surface area contributed by atoms with Crippen molar-refractivity contribution < 1.29 is 23.8 Å². The van der Waals surface area contributed by atoms with Crippen molar-refractivity contribution in [2.75, 3.05) is 13.2 Å². The molecule has 1 fully saturated rings. The first-order valence-corrected chi connectivity index (χ1v) is 10.6. The van der Waals surface area contributed by atoms with E-state index in [1.54, 1.807) is 36.4 Å². The van der Waals surface area contributed by atoms with E-state index in [0.29, 0.717) is 58.0 Å². The zero-order valence-electron chi connectivity index (χ0n) is 15.8. The van der Waals surface area contributed by atoms with E-state index in [4.69, 9.17) is 30.6 Å². The van der Waals surface area contributed by atoms with Gasteiger partial charge in [0.05, 0.1) is 29.0 Å². The lowest BCUT2D eigenvalue weighted by molar-refractivity contribution is -0.151. The number of hydrogen-bond donors (Lipinski definition) is 1. The molecule has 1 aliphatic carbocycles. The Morgan fingerprint density at radius 3 is 2.60 bits per heavy atom. The van der Waals surface area contributed by atoms with Gasteiger partial charge in [-0.05, 0) is 65.2 Å². The molecule has 156 valence electrons. The summed E-state index contributed by atoms with van der Waals surface area (Å²) in [4.78, 5) is 23.3. The first-order valence-electron chi connectivity index (χ1n) is 9.42. The van der Waals surface area contributed by atoms with Crippen LogP contribution in [0.5, 0.6) is 5.75 Å². The van der Waals surface area contributed by atoms with Gasteiger partial charge in [0, 0.05) is 16.1 Å². The number of benzene rings is 2. The van der Waals surface area contributed by atoms with Crippen LogP contribution in [0.15, 0.2) is 56.1 Å². The van der Waals surface area contributed by atoms with Crippen molar-refractivity contribution in [3.8, 4) is 17.1 Å². The summed E-state index contributed by atoms with van der Waals surface area (Å²) in [7, 11) is 0. The number of rotatable bonds is 7. The fourth-order valence-corrected chi connectivity index (χ4v) is 4.03. The van der Waals surface area contributed by atoms with E-state index in [-0.39, 0.29) is 17.5 Å². The first kappa shape index (κ1) is 20.9. The predicted octanol–water partition coefficient (Wildman–Crippen LogP) is 5.13. The zero-order valence-corrected chi connectivity index (χ0v) is 18.1. The number of ether oxygens (including phenoxy) is 2. The van der Waals surface area contributed by atoms with Gasteiger partial charge in [-0.15, -0.1) is 0 Å². The van der Waals surface area contributed by atoms with Gasteiger partial charge in [-0.25, -0.2) is 0 Å². The maximum Gasteiger partial charge on any atom is 0.306 e. The normalized spacial score (nSPS) is 18.2. The summed E-state index contributed by atoms with van der Waals surface area (Å²) in [5, 5.41) is 9.63. The molecule has 6 nitrogen and oxygen atoms in total. The quantitative estimate of drug-likeness (QED) is 0.459. The van der Waals surface area contributed by atoms with E-state index in [2.05, 4.69) is 15.9 Å². The van der Waals surface area contributed by atoms with Crippen LogP contribution < -0.4 is 10.2 Å². The lowest BCUT2D eigenvalue weighted by Gasteiger charge is -2.31. The molecular formula is C22H18BrClO6. The molecule has 0 aliphatic heterocycles. The Hall–Kier alpha value is -2.35. The number of halogens is 2. The van der Waals surface area contributed by atoms with Crippen LogP contribution in [0.4, 0.5) is 0 Å². The summed E-state index contributed by atoms with van der Waals surface area (Å²) >= 11 is 9.56. The maximum atomic E-state index is 12.5. The average molecular weight is 494 g/mol. The minimum atomic E-state index is -0.761. The highest BCUT2D eigenvalue weighted by Crippen LogP contribution is 2.32. The molecule has 0 saturated heterocycles. The third-order valence-corrected chi connectivity index (χ3v) is 6.03. The van der Waals surface area contributed by atoms with Gasteiger partial charge in [0.25, 0.3) is 0 Å². The van der Waals surface area contributed by atoms with Crippen LogP contribution in [0, 0.1) is 5.92 Å². The van der Waals surface area contributed by atoms with Gasteiger partial charge in [0.2, 0.25) is 0 Å². The molecule has 1 heterocycles. The number of aliphatic carboxylic acids is 1. The van der Waals surface area contributed by atoms with E-state index in [0.717, 1.165) is 5.56 Å². The highest BCUT2D eigenvalue weighted by molar-refractivity contribution is 9.10. The molecule has 1 aromatic heterocycles. The Morgan fingerprint density at radius 1 is 1.17 bits per heavy atom. The fraction of sp³-hybridized carbons (Fsp3) is 0.273. The molecule has 2 aromatic carbocycles. The number of carboxylic acid groups (broad SMARTS) is 1. The molecule has 0 unspecified atom stereocenters. The molecule has 0 bridgehead atoms. The second-order valence-electron chi connectivity index (χ2n) is 7.08. The van der Waals surface area contributed by atoms with Crippen molar-refractivity contribution in [1.82, 2.24) is 0 Å². The second kappa shape index (κ2) is 8.79. The SMILES string of the molecule is O=c1cc(-c2ccc(OCCO[C@H]3C[C@@H](C(=O)O)C3)cc2)oc2c(Cl)ccc(Br)c12. The molecule has 1 saturated carbocycles. The van der Waals surface area contributed by atoms with Crippen molar-refractivity contribution >= 4 is 44.5 Å². The monoisotopic (exact) mass is 492 g/mol. The van der Waals surface area contributed by atoms with E-state index in [1.165, 1.54) is 6.07 Å². The summed E-state index contributed by atoms with van der Waals surface area (Å²) in [5.74, 6) is 0.0293. The molecule has 0 atom stereocenters. The highest BCUT2D eigenvalue weighted by atomic mass is 79.9. The van der Waals surface area contributed by atoms with E-state index in [1.807, 2.05) is 0 Å². The Morgan fingerprint density at radius 2 is 1.90 bits per heavy atom. The molecule has 8 heteroatoms. The molecule has 3 aromatic rings. The number of carbonyl (C=O) groups is 1. The summed E-state index contributed by atoms with van der Waals surface area (Å²) in [6, 6.07) is 12.0. The average Bonchev–Trinajstić information content (AvgIpc) is 2.69. The number of hydrogen-bond acceptors (Lipinski definition) is 5. The van der Waals surface area contributed by atoms with Gasteiger partial charge in [0.15, 0.2) is 11.0 Å². The molecule has 1 N–H and O–H groups in total. The molecular weight excluding hydrogens is 476 g/mol. The summed E-state index contributed by atoms with van der Waals surface area (Å²) < 4.78 is 17.8. The maximum absolute atomic E-state index is 12.5. The third-order valence-electron chi connectivity index (χ3n) is 5.07. The van der Waals surface area contributed by atoms with Crippen LogP contribution >= 0.6 is 27.5 Å². The largest absolute Gasteiger partial charge is 0.491 e. The molecule has 0 radical (unpaired) electrons. The molecule has 30 heavy (non-hydrogen) atoms. The van der Waals surface area contributed by atoms with Crippen molar-refractivity contribution in [3.05, 3.63) is 62.2 Å². The summed E-state index contributed by atoms with van der Waals surface area (Å²) in [5.41, 5.74) is 0.884. The van der Waals surface area contributed by atoms with Gasteiger partial charge in [-0.1, -0.05) is 11.6 Å². The summed E-state index contributed by atoms with van der Waals surface area (Å²) in [6.07, 6.45) is 1.11. The Kier molecular flexibility index (Phi) is 6.13. The van der Waals surface area contributed by atoms with Gasteiger partial charge < -0.3 is 19.0 Å². The minimum Gasteiger partial charge on any atom is -0.491 e. The predicted molar refractivity (Wildman–Crippen MR) is 116 cm³/mol. The van der Waals surface area contributed by atoms with Gasteiger partial charge >= 0.3 is 5.97 Å². The van der Waals surface area contributed by atoms with Crippen LogP contribution in [0.25, 0.3) is 22.3 Å². The number of fused-ring (bicyclic) bond motifs is 1. The second-order valence-corrected chi connectivity index (χ2v) is 8.34. The van der Waals surface area contributed by atoms with Crippen molar-refractivity contribution in [2.45, 2.75) is 18.9 Å². The van der Waals surface area contributed by atoms with E-state index < -0.39 is 5.97 Å². The molecule has 0 spiro atoms. The van der Waals surface area contributed by atoms with Gasteiger partial charge in [-0.3, -0.25) is 9.59 Å². The smallest absolute Gasteiger partial charge is 0.306 e. The first-order chi connectivity index (χ1) is 14.4. The lowest BCUT2D eigenvalue weighted by Crippen LogP contribution is -2.36. The Bertz CT molecular complexity index is 1130. The van der Waals surface area contributed by atoms with Gasteiger partial charge in [-0.2, -0.15) is 0 Å². The molecule has 1 aliphatic rings. The van der Waals surface area contributed by atoms with Crippen LogP contribution in [-0.4, -0.2) is 30.4 Å². The standard InChI is InChI=1S/C22H18BrClO6/c23-16-5-6-17(24)21-20(16)18(25)11-19(30-21)12-1-3-14(4-2-12)28-7-8-29-15-9-13(10-15)22(26)27/h1-6,11,13,15H,7-10H2,(H,26,27)/t13-,15+. The summed E-state index contributed by atoms with van der Waals surface area (Å²) in [6.45, 7) is 0.758. The third kappa shape index (κ3) is 4.38. The molecule has 4 rings (SSSR count). The topological polar surface area (TPSA) is 86.0 Å². The highest BCUT2D eigenvalue weighted by Gasteiger charge is 2.34. The lowest BCUT2D eigenvalue weighted by atomic mass is 9.82. The van der Waals surface area contributed by atoms with Crippen molar-refractivity contribution in [1.29, 1.82) is 0 Å². The van der Waals surface area contributed by atoms with Crippen LogP contribution in [-0.2, 0) is 9.53 Å². The van der Waals surface area contributed by atoms with Crippen molar-refractivity contribution in [2.24, 2.45) is 5.92 Å². The van der Waals surface area contributed by atoms with Crippen LogP contribution in [0.2, 0.25) is 5.02 Å². The Labute approximate surface area is 185 Å². The van der Waals surface area contributed by atoms with Crippen molar-refractivity contribution in [3.63, 3.8) is 0 Å². The van der Waals surface area contributed by atoms with Gasteiger partial charge in [0.1, 0.15) is 18.1 Å². The molecule has 0 amide bonds. The minimum absolute atomic E-state index is 0.000242. The zero-order chi connectivity index (χ0) is 21.3. The van der Waals surface area contributed by atoms with Crippen LogP contribution in [0.3, 0.4) is 0 Å². The Balaban J connectivity index is 1.37. The fourth-order valence-electron chi connectivity index (χ4n) is 3.33. The number of carboxylic acids is 1.